The predicted molar refractivity (Wildman–Crippen MR) is 96.0 cm³/mol. The molecular formula is C18H26ClF2NO4. The number of benzene rings is 1. The van der Waals surface area contributed by atoms with Crippen LogP contribution in [0.5, 0.6) is 0 Å². The highest BCUT2D eigenvalue weighted by Crippen LogP contribution is 2.15. The van der Waals surface area contributed by atoms with E-state index in [0.29, 0.717) is 6.42 Å². The number of carbonyl (C=O) groups excluding carboxylic acids is 2. The van der Waals surface area contributed by atoms with Crippen molar-refractivity contribution in [2.24, 2.45) is 17.6 Å². The van der Waals surface area contributed by atoms with Crippen LogP contribution in [0, 0.1) is 11.8 Å². The fourth-order valence-corrected chi connectivity index (χ4v) is 2.28. The number of ketones is 1. The monoisotopic (exact) mass is 393 g/mol. The third-order valence-electron chi connectivity index (χ3n) is 3.57. The smallest absolute Gasteiger partial charge is 0.345 e. The molecule has 0 radical (unpaired) electrons. The highest BCUT2D eigenvalue weighted by molar-refractivity contribution is 5.88. The predicted octanol–water partition coefficient (Wildman–Crippen LogP) is 3.34. The highest BCUT2D eigenvalue weighted by Gasteiger charge is 2.27. The van der Waals surface area contributed by atoms with Crippen LogP contribution in [-0.2, 0) is 25.7 Å². The van der Waals surface area contributed by atoms with E-state index >= 15 is 0 Å². The maximum atomic E-state index is 12.3. The van der Waals surface area contributed by atoms with E-state index in [0.717, 1.165) is 5.56 Å². The third-order valence-corrected chi connectivity index (χ3v) is 3.57. The summed E-state index contributed by atoms with van der Waals surface area (Å²) in [4.78, 5) is 24.3. The summed E-state index contributed by atoms with van der Waals surface area (Å²) in [7, 11) is 0. The van der Waals surface area contributed by atoms with Crippen LogP contribution in [0.4, 0.5) is 8.78 Å². The van der Waals surface area contributed by atoms with Crippen molar-refractivity contribution in [1.82, 2.24) is 0 Å². The van der Waals surface area contributed by atoms with E-state index in [1.165, 1.54) is 0 Å². The first-order chi connectivity index (χ1) is 11.8. The van der Waals surface area contributed by atoms with Crippen LogP contribution < -0.4 is 5.73 Å². The Labute approximate surface area is 158 Å². The molecule has 2 N–H and O–H groups in total. The van der Waals surface area contributed by atoms with Gasteiger partial charge in [0.15, 0.2) is 0 Å². The summed E-state index contributed by atoms with van der Waals surface area (Å²) in [5.41, 5.74) is 6.55. The lowest BCUT2D eigenvalue weighted by atomic mass is 9.94. The normalized spacial score (nSPS) is 13.2. The second-order valence-electron chi connectivity index (χ2n) is 6.29. The van der Waals surface area contributed by atoms with Gasteiger partial charge < -0.3 is 15.2 Å². The number of alkyl halides is 2. The van der Waals surface area contributed by atoms with Crippen LogP contribution in [0.1, 0.15) is 32.3 Å². The van der Waals surface area contributed by atoms with Crippen molar-refractivity contribution in [3.8, 4) is 0 Å². The fraction of sp³-hybridized carbons (Fsp3) is 0.556. The van der Waals surface area contributed by atoms with Crippen molar-refractivity contribution in [2.45, 2.75) is 45.9 Å². The second kappa shape index (κ2) is 12.7. The largest absolute Gasteiger partial charge is 0.461 e. The van der Waals surface area contributed by atoms with Gasteiger partial charge in [-0.3, -0.25) is 9.59 Å². The molecule has 0 saturated carbocycles. The molecule has 0 aliphatic carbocycles. The van der Waals surface area contributed by atoms with Crippen LogP contribution >= 0.6 is 12.4 Å². The molecule has 0 aliphatic rings. The summed E-state index contributed by atoms with van der Waals surface area (Å²) < 4.78 is 33.9. The topological polar surface area (TPSA) is 78.6 Å². The molecule has 1 aromatic carbocycles. The lowest BCUT2D eigenvalue weighted by molar-refractivity contribution is -0.166. The van der Waals surface area contributed by atoms with Crippen LogP contribution in [0.3, 0.4) is 0 Å². The molecule has 0 unspecified atom stereocenters. The Morgan fingerprint density at radius 3 is 2.31 bits per heavy atom. The molecule has 0 bridgehead atoms. The van der Waals surface area contributed by atoms with Gasteiger partial charge in [-0.25, -0.2) is 0 Å². The van der Waals surface area contributed by atoms with Crippen LogP contribution in [0.25, 0.3) is 0 Å². The molecule has 0 aliphatic heterocycles. The number of ether oxygens (including phenoxy) is 2. The lowest BCUT2D eigenvalue weighted by Crippen LogP contribution is -2.36. The van der Waals surface area contributed by atoms with E-state index < -0.39 is 31.1 Å². The van der Waals surface area contributed by atoms with E-state index in [1.54, 1.807) is 24.3 Å². The van der Waals surface area contributed by atoms with Crippen molar-refractivity contribution in [1.29, 1.82) is 0 Å². The molecule has 0 saturated heterocycles. The molecule has 26 heavy (non-hydrogen) atoms. The average Bonchev–Trinajstić information content (AvgIpc) is 2.56. The summed E-state index contributed by atoms with van der Waals surface area (Å²) in [6.45, 7) is 0.212. The van der Waals surface area contributed by atoms with Gasteiger partial charge in [0.1, 0.15) is 12.4 Å². The van der Waals surface area contributed by atoms with Gasteiger partial charge in [-0.1, -0.05) is 44.2 Å². The SMILES string of the molecule is CC(C)C[C@H](N)C(=O)C[C@@H](COC(F)F)C(=O)OCc1ccccc1.Cl. The van der Waals surface area contributed by atoms with Crippen molar-refractivity contribution in [3.63, 3.8) is 0 Å². The number of Topliss-reactive ketones (excluding diaryl/α,β-unsaturated/α-hetero) is 1. The second-order valence-corrected chi connectivity index (χ2v) is 6.29. The van der Waals surface area contributed by atoms with Gasteiger partial charge in [0.05, 0.1) is 18.6 Å². The maximum absolute atomic E-state index is 12.3. The Morgan fingerprint density at radius 2 is 1.77 bits per heavy atom. The molecule has 0 fully saturated rings. The number of rotatable bonds is 11. The zero-order valence-corrected chi connectivity index (χ0v) is 15.7. The van der Waals surface area contributed by atoms with Crippen LogP contribution in [0.15, 0.2) is 30.3 Å². The molecule has 1 aromatic rings. The molecule has 148 valence electrons. The van der Waals surface area contributed by atoms with E-state index in [-0.39, 0.29) is 37.1 Å². The number of halogens is 3. The standard InChI is InChI=1S/C18H25F2NO4.ClH/c1-12(2)8-15(21)16(22)9-14(11-25-18(19)20)17(23)24-10-13-6-4-3-5-7-13;/h3-7,12,14-15,18H,8-11,21H2,1-2H3;1H/t14-,15-;/m0./s1. The summed E-state index contributed by atoms with van der Waals surface area (Å²) in [5.74, 6) is -2.02. The zero-order valence-electron chi connectivity index (χ0n) is 14.9. The minimum atomic E-state index is -3.02. The quantitative estimate of drug-likeness (QED) is 0.583. The average molecular weight is 394 g/mol. The fourth-order valence-electron chi connectivity index (χ4n) is 2.28. The van der Waals surface area contributed by atoms with E-state index in [9.17, 15) is 18.4 Å². The molecular weight excluding hydrogens is 368 g/mol. The Balaban J connectivity index is 0.00000625. The molecule has 5 nitrogen and oxygen atoms in total. The van der Waals surface area contributed by atoms with Crippen molar-refractivity contribution in [3.05, 3.63) is 35.9 Å². The van der Waals surface area contributed by atoms with Gasteiger partial charge in [-0.2, -0.15) is 8.78 Å². The van der Waals surface area contributed by atoms with Gasteiger partial charge in [0, 0.05) is 6.42 Å². The number of hydrogen-bond acceptors (Lipinski definition) is 5. The van der Waals surface area contributed by atoms with Crippen molar-refractivity contribution >= 4 is 24.2 Å². The molecule has 0 spiro atoms. The minimum absolute atomic E-state index is 0. The van der Waals surface area contributed by atoms with Gasteiger partial charge in [-0.05, 0) is 17.9 Å². The van der Waals surface area contributed by atoms with E-state index in [2.05, 4.69) is 4.74 Å². The van der Waals surface area contributed by atoms with Gasteiger partial charge in [0.25, 0.3) is 0 Å². The maximum Gasteiger partial charge on any atom is 0.345 e. The molecule has 2 atom stereocenters. The van der Waals surface area contributed by atoms with Gasteiger partial charge in [-0.15, -0.1) is 12.4 Å². The Kier molecular flexibility index (Phi) is 12.0. The molecule has 8 heteroatoms. The minimum Gasteiger partial charge on any atom is -0.461 e. The van der Waals surface area contributed by atoms with Gasteiger partial charge >= 0.3 is 12.6 Å². The van der Waals surface area contributed by atoms with Crippen molar-refractivity contribution in [2.75, 3.05) is 6.61 Å². The number of nitrogens with two attached hydrogens (primary N) is 1. The molecule has 0 amide bonds. The number of esters is 1. The first kappa shape index (κ1) is 24.4. The van der Waals surface area contributed by atoms with Crippen molar-refractivity contribution < 1.29 is 27.8 Å². The van der Waals surface area contributed by atoms with E-state index in [1.807, 2.05) is 19.9 Å². The number of carbonyl (C=O) groups is 2. The van der Waals surface area contributed by atoms with Crippen LogP contribution in [-0.4, -0.2) is 31.0 Å². The summed E-state index contributed by atoms with van der Waals surface area (Å²) in [6.07, 6.45) is 0.175. The molecule has 0 aromatic heterocycles. The lowest BCUT2D eigenvalue weighted by Gasteiger charge is -2.18. The molecule has 1 rings (SSSR count). The zero-order chi connectivity index (χ0) is 18.8. The first-order valence-electron chi connectivity index (χ1n) is 8.18. The highest BCUT2D eigenvalue weighted by atomic mass is 35.5. The Morgan fingerprint density at radius 1 is 1.15 bits per heavy atom. The van der Waals surface area contributed by atoms with E-state index in [4.69, 9.17) is 10.5 Å². The van der Waals surface area contributed by atoms with Gasteiger partial charge in [0.2, 0.25) is 0 Å². The number of hydrogen-bond donors (Lipinski definition) is 1. The Hall–Kier alpha value is -1.57. The van der Waals surface area contributed by atoms with Crippen LogP contribution in [0.2, 0.25) is 0 Å². The molecule has 0 heterocycles. The first-order valence-corrected chi connectivity index (χ1v) is 8.18. The Bertz CT molecular complexity index is 543. The summed E-state index contributed by atoms with van der Waals surface area (Å²) in [6, 6.07) is 8.18. The summed E-state index contributed by atoms with van der Waals surface area (Å²) in [5, 5.41) is 0. The third kappa shape index (κ3) is 9.79. The summed E-state index contributed by atoms with van der Waals surface area (Å²) >= 11 is 0.